The number of ether oxygens (including phenoxy) is 2. The summed E-state index contributed by atoms with van der Waals surface area (Å²) < 4.78 is 32.5. The highest BCUT2D eigenvalue weighted by molar-refractivity contribution is 7.47. The monoisotopic (exact) mass is 784 g/mol. The highest BCUT2D eigenvalue weighted by Crippen LogP contribution is 2.43. The molecule has 0 radical (unpaired) electrons. The molecule has 0 bridgehead atoms. The zero-order chi connectivity index (χ0) is 40.5. The maximum Gasteiger partial charge on any atom is 0.472 e. The maximum absolute atomic E-state index is 12.5. The van der Waals surface area contributed by atoms with Gasteiger partial charge >= 0.3 is 19.8 Å². The summed E-state index contributed by atoms with van der Waals surface area (Å²) >= 11 is 0. The van der Waals surface area contributed by atoms with Crippen LogP contribution in [0.2, 0.25) is 0 Å². The number of hydrogen-bond donors (Lipinski definition) is 3. The molecule has 0 aliphatic carbocycles. The molecule has 0 aromatic rings. The highest BCUT2D eigenvalue weighted by Gasteiger charge is 2.27. The molecule has 0 aromatic carbocycles. The number of carbonyl (C=O) groups is 2. The molecule has 0 aliphatic rings. The van der Waals surface area contributed by atoms with Crippen molar-refractivity contribution >= 4 is 19.8 Å². The molecule has 0 fully saturated rings. The molecule has 306 valence electrons. The molecular weight excluding hydrogens is 719 g/mol. The largest absolute Gasteiger partial charge is 0.472 e. The summed E-state index contributed by atoms with van der Waals surface area (Å²) in [7, 11) is -4.65. The Labute approximate surface area is 330 Å². The van der Waals surface area contributed by atoms with Gasteiger partial charge in [-0.2, -0.15) is 0 Å². The van der Waals surface area contributed by atoms with Gasteiger partial charge in [-0.3, -0.25) is 18.6 Å². The Balaban J connectivity index is 4.56. The van der Waals surface area contributed by atoms with E-state index in [4.69, 9.17) is 19.1 Å². The van der Waals surface area contributed by atoms with E-state index in [1.54, 1.807) is 0 Å². The summed E-state index contributed by atoms with van der Waals surface area (Å²) in [5.74, 6) is -1.04. The second-order valence-corrected chi connectivity index (χ2v) is 13.6. The van der Waals surface area contributed by atoms with Gasteiger partial charge in [-0.05, 0) is 51.4 Å². The van der Waals surface area contributed by atoms with Crippen LogP contribution in [0.15, 0.2) is 134 Å². The number of aliphatic hydroxyl groups excluding tert-OH is 2. The molecule has 0 aromatic heterocycles. The van der Waals surface area contributed by atoms with Crippen molar-refractivity contribution < 1.29 is 47.8 Å². The molecule has 0 saturated carbocycles. The van der Waals surface area contributed by atoms with E-state index in [0.717, 1.165) is 51.4 Å². The van der Waals surface area contributed by atoms with E-state index in [0.29, 0.717) is 12.8 Å². The number of esters is 2. The Morgan fingerprint density at radius 1 is 0.545 bits per heavy atom. The first-order valence-electron chi connectivity index (χ1n) is 19.3. The molecular formula is C44H65O10P. The Morgan fingerprint density at radius 2 is 0.945 bits per heavy atom. The average Bonchev–Trinajstić information content (AvgIpc) is 3.17. The average molecular weight is 785 g/mol. The van der Waals surface area contributed by atoms with Gasteiger partial charge in [0, 0.05) is 12.8 Å². The zero-order valence-electron chi connectivity index (χ0n) is 32.8. The van der Waals surface area contributed by atoms with Gasteiger partial charge in [-0.1, -0.05) is 160 Å². The molecule has 3 atom stereocenters. The van der Waals surface area contributed by atoms with Crippen LogP contribution in [0.5, 0.6) is 0 Å². The Kier molecular flexibility index (Phi) is 35.7. The summed E-state index contributed by atoms with van der Waals surface area (Å²) in [5.41, 5.74) is 0. The first-order chi connectivity index (χ1) is 26.7. The second-order valence-electron chi connectivity index (χ2n) is 12.1. The molecule has 0 aliphatic heterocycles. The lowest BCUT2D eigenvalue weighted by Gasteiger charge is -2.20. The topological polar surface area (TPSA) is 149 Å². The van der Waals surface area contributed by atoms with E-state index in [-0.39, 0.29) is 19.4 Å². The standard InChI is InChI=1S/C44H65O10P/c1-3-5-7-9-11-13-15-17-18-19-20-21-22-24-25-27-29-31-33-35-43(47)51-39-42(40-53-55(49,50)52-38-41(46)37-45)54-44(48)36-34-32-30-28-26-23-16-14-12-10-8-6-4-2/h5-26,41-42,45-46H,3-4,27-40H2,1-2H3,(H,49,50)/b7-5+,8-6+,11-9+,12-10+,15-13+,16-14+,18-17+,20-19+,22-21+,25-24+,26-23+/t41-,42?/m1/s1. The first kappa shape index (κ1) is 51.1. The number of allylic oxidation sites excluding steroid dienone is 22. The van der Waals surface area contributed by atoms with Crippen molar-refractivity contribution in [3.63, 3.8) is 0 Å². The second kappa shape index (κ2) is 38.4. The van der Waals surface area contributed by atoms with Gasteiger partial charge in [0.2, 0.25) is 0 Å². The van der Waals surface area contributed by atoms with E-state index in [1.165, 1.54) is 0 Å². The van der Waals surface area contributed by atoms with Gasteiger partial charge in [-0.15, -0.1) is 0 Å². The SMILES string of the molecule is CC/C=C/C=C/C=C/C=C/C=C/C=C/C=C/CCCCCC(=O)OCC(COP(=O)(O)OC[C@H](O)CO)OC(=O)CCCCC/C=C/C=C/C=C/C=C/CC. The van der Waals surface area contributed by atoms with Gasteiger partial charge in [0.25, 0.3) is 0 Å². The third-order valence-electron chi connectivity index (χ3n) is 7.09. The first-order valence-corrected chi connectivity index (χ1v) is 20.8. The minimum absolute atomic E-state index is 0.117. The molecule has 3 N–H and O–H groups in total. The number of aliphatic hydroxyl groups is 2. The van der Waals surface area contributed by atoms with Crippen LogP contribution in [0.25, 0.3) is 0 Å². The summed E-state index contributed by atoms with van der Waals surface area (Å²) in [6, 6.07) is 0. The van der Waals surface area contributed by atoms with Crippen molar-refractivity contribution in [3.05, 3.63) is 134 Å². The number of phosphoric ester groups is 1. The van der Waals surface area contributed by atoms with Crippen molar-refractivity contribution in [1.82, 2.24) is 0 Å². The van der Waals surface area contributed by atoms with Crippen LogP contribution < -0.4 is 0 Å². The van der Waals surface area contributed by atoms with Crippen LogP contribution in [0.4, 0.5) is 0 Å². The van der Waals surface area contributed by atoms with Crippen LogP contribution in [-0.4, -0.2) is 65.7 Å². The molecule has 0 amide bonds. The maximum atomic E-state index is 12.5. The molecule has 0 heterocycles. The summed E-state index contributed by atoms with van der Waals surface area (Å²) in [5, 5.41) is 18.3. The van der Waals surface area contributed by atoms with E-state index in [9.17, 15) is 24.2 Å². The molecule has 11 heteroatoms. The van der Waals surface area contributed by atoms with Gasteiger partial charge < -0.3 is 24.6 Å². The van der Waals surface area contributed by atoms with Gasteiger partial charge in [0.1, 0.15) is 12.7 Å². The third kappa shape index (κ3) is 38.2. The Hall–Kier alpha value is -3.89. The molecule has 10 nitrogen and oxygen atoms in total. The zero-order valence-corrected chi connectivity index (χ0v) is 33.7. The van der Waals surface area contributed by atoms with Crippen molar-refractivity contribution in [1.29, 1.82) is 0 Å². The molecule has 0 rings (SSSR count). The van der Waals surface area contributed by atoms with E-state index >= 15 is 0 Å². The van der Waals surface area contributed by atoms with Crippen LogP contribution in [0.1, 0.15) is 90.9 Å². The fourth-order valence-corrected chi connectivity index (χ4v) is 4.95. The van der Waals surface area contributed by atoms with E-state index in [2.05, 4.69) is 42.7 Å². The molecule has 55 heavy (non-hydrogen) atoms. The minimum Gasteiger partial charge on any atom is -0.462 e. The smallest absolute Gasteiger partial charge is 0.462 e. The van der Waals surface area contributed by atoms with Gasteiger partial charge in [-0.25, -0.2) is 4.57 Å². The predicted octanol–water partition coefficient (Wildman–Crippen LogP) is 9.77. The number of carbonyl (C=O) groups excluding carboxylic acids is 2. The lowest BCUT2D eigenvalue weighted by atomic mass is 10.1. The number of hydrogen-bond acceptors (Lipinski definition) is 9. The van der Waals surface area contributed by atoms with Crippen molar-refractivity contribution in [2.24, 2.45) is 0 Å². The number of phosphoric acid groups is 1. The van der Waals surface area contributed by atoms with Crippen LogP contribution >= 0.6 is 7.82 Å². The molecule has 0 spiro atoms. The van der Waals surface area contributed by atoms with E-state index in [1.807, 2.05) is 109 Å². The van der Waals surface area contributed by atoms with Crippen molar-refractivity contribution in [2.45, 2.75) is 103 Å². The Morgan fingerprint density at radius 3 is 1.38 bits per heavy atom. The number of unbranched alkanes of at least 4 members (excludes halogenated alkanes) is 6. The van der Waals surface area contributed by atoms with Crippen molar-refractivity contribution in [2.75, 3.05) is 26.4 Å². The van der Waals surface area contributed by atoms with Crippen LogP contribution in [0.3, 0.4) is 0 Å². The lowest BCUT2D eigenvalue weighted by Crippen LogP contribution is -2.29. The quantitative estimate of drug-likeness (QED) is 0.0254. The summed E-state index contributed by atoms with van der Waals surface area (Å²) in [4.78, 5) is 34.9. The van der Waals surface area contributed by atoms with Gasteiger partial charge in [0.15, 0.2) is 6.10 Å². The Bertz CT molecular complexity index is 1360. The fourth-order valence-electron chi connectivity index (χ4n) is 4.16. The fraction of sp³-hybridized carbons (Fsp3) is 0.455. The molecule has 0 saturated heterocycles. The normalized spacial score (nSPS) is 15.4. The third-order valence-corrected chi connectivity index (χ3v) is 8.04. The predicted molar refractivity (Wildman–Crippen MR) is 223 cm³/mol. The lowest BCUT2D eigenvalue weighted by molar-refractivity contribution is -0.161. The summed E-state index contributed by atoms with van der Waals surface area (Å²) in [6.07, 6.45) is 49.9. The van der Waals surface area contributed by atoms with Crippen molar-refractivity contribution in [3.8, 4) is 0 Å². The summed E-state index contributed by atoms with van der Waals surface area (Å²) in [6.45, 7) is 1.93. The van der Waals surface area contributed by atoms with Gasteiger partial charge in [0.05, 0.1) is 19.8 Å². The minimum atomic E-state index is -4.65. The molecule has 2 unspecified atom stereocenters. The van der Waals surface area contributed by atoms with Crippen LogP contribution in [0, 0.1) is 0 Å². The van der Waals surface area contributed by atoms with E-state index < -0.39 is 51.8 Å². The highest BCUT2D eigenvalue weighted by atomic mass is 31.2. The number of rotatable bonds is 33. The van der Waals surface area contributed by atoms with Crippen LogP contribution in [-0.2, 0) is 32.7 Å².